The van der Waals surface area contributed by atoms with Crippen LogP contribution >= 0.6 is 11.3 Å². The van der Waals surface area contributed by atoms with Crippen molar-refractivity contribution < 1.29 is 18.7 Å². The van der Waals surface area contributed by atoms with Gasteiger partial charge in [0.05, 0.1) is 6.04 Å². The number of hydrogen-bond acceptors (Lipinski definition) is 4. The van der Waals surface area contributed by atoms with Crippen molar-refractivity contribution >= 4 is 23.2 Å². The number of halogens is 1. The predicted octanol–water partition coefficient (Wildman–Crippen LogP) is 3.27. The number of carbonyl (C=O) groups excluding carboxylic acids is 2. The lowest BCUT2D eigenvalue weighted by molar-refractivity contribution is -0.119. The molecule has 5 nitrogen and oxygen atoms in total. The normalized spacial score (nSPS) is 11.6. The number of thiophene rings is 1. The van der Waals surface area contributed by atoms with Crippen molar-refractivity contribution in [1.29, 1.82) is 0 Å². The zero-order valence-corrected chi connectivity index (χ0v) is 15.0. The number of ether oxygens (including phenoxy) is 1. The van der Waals surface area contributed by atoms with E-state index in [2.05, 4.69) is 5.32 Å². The van der Waals surface area contributed by atoms with Gasteiger partial charge in [0.15, 0.2) is 6.61 Å². The zero-order valence-electron chi connectivity index (χ0n) is 14.2. The molecule has 0 saturated heterocycles. The molecule has 2 aromatic carbocycles. The van der Waals surface area contributed by atoms with E-state index < -0.39 is 5.91 Å². The molecule has 0 aliphatic rings. The van der Waals surface area contributed by atoms with Gasteiger partial charge in [0.1, 0.15) is 11.6 Å². The molecule has 27 heavy (non-hydrogen) atoms. The van der Waals surface area contributed by atoms with Crippen molar-refractivity contribution in [3.05, 3.63) is 87.9 Å². The molecule has 1 unspecified atom stereocenters. The second-order valence-electron chi connectivity index (χ2n) is 5.75. The number of rotatable bonds is 7. The Hall–Kier alpha value is -3.19. The minimum atomic E-state index is -0.574. The average molecular weight is 384 g/mol. The summed E-state index contributed by atoms with van der Waals surface area (Å²) in [5.41, 5.74) is 6.25. The van der Waals surface area contributed by atoms with E-state index in [1.165, 1.54) is 23.5 Å². The van der Waals surface area contributed by atoms with Crippen LogP contribution in [0.25, 0.3) is 0 Å². The third-order valence-corrected chi connectivity index (χ3v) is 4.74. The number of nitrogens with two attached hydrogens (primary N) is 1. The first-order valence-corrected chi connectivity index (χ1v) is 9.02. The fourth-order valence-corrected chi connectivity index (χ4v) is 3.30. The topological polar surface area (TPSA) is 81.4 Å². The summed E-state index contributed by atoms with van der Waals surface area (Å²) in [4.78, 5) is 24.4. The Kier molecular flexibility index (Phi) is 5.83. The number of nitrogens with one attached hydrogen (secondary N) is 1. The van der Waals surface area contributed by atoms with Crippen LogP contribution in [0, 0.1) is 5.82 Å². The summed E-state index contributed by atoms with van der Waals surface area (Å²) in [5.74, 6) is -0.741. The zero-order chi connectivity index (χ0) is 19.2. The number of benzene rings is 2. The van der Waals surface area contributed by atoms with E-state index in [4.69, 9.17) is 10.5 Å². The highest BCUT2D eigenvalue weighted by Gasteiger charge is 2.19. The molecule has 0 aliphatic heterocycles. The van der Waals surface area contributed by atoms with Crippen molar-refractivity contribution in [2.24, 2.45) is 5.73 Å². The van der Waals surface area contributed by atoms with Gasteiger partial charge in [0, 0.05) is 10.4 Å². The van der Waals surface area contributed by atoms with E-state index in [0.717, 1.165) is 10.4 Å². The Labute approximate surface area is 159 Å². The Morgan fingerprint density at radius 2 is 1.78 bits per heavy atom. The lowest BCUT2D eigenvalue weighted by Gasteiger charge is -2.18. The summed E-state index contributed by atoms with van der Waals surface area (Å²) in [7, 11) is 0. The number of primary amides is 1. The van der Waals surface area contributed by atoms with Crippen LogP contribution in [-0.2, 0) is 4.79 Å². The fraction of sp³-hybridized carbons (Fsp3) is 0.100. The summed E-state index contributed by atoms with van der Waals surface area (Å²) in [6.45, 7) is -0.226. The number of amides is 2. The van der Waals surface area contributed by atoms with Crippen LogP contribution in [0.15, 0.2) is 66.0 Å². The van der Waals surface area contributed by atoms with E-state index in [1.807, 2.05) is 17.5 Å². The SMILES string of the molecule is NC(=O)COc1ccc(C(=O)NC(c2ccc(F)cc2)c2cccs2)cc1. The van der Waals surface area contributed by atoms with E-state index in [9.17, 15) is 14.0 Å². The molecule has 0 spiro atoms. The number of carbonyl (C=O) groups is 2. The van der Waals surface area contributed by atoms with Gasteiger partial charge in [-0.3, -0.25) is 9.59 Å². The molecule has 3 rings (SSSR count). The highest BCUT2D eigenvalue weighted by Crippen LogP contribution is 2.27. The van der Waals surface area contributed by atoms with Gasteiger partial charge in [-0.15, -0.1) is 11.3 Å². The van der Waals surface area contributed by atoms with Gasteiger partial charge in [-0.05, 0) is 53.4 Å². The molecule has 3 aromatic rings. The molecule has 0 saturated carbocycles. The van der Waals surface area contributed by atoms with E-state index in [0.29, 0.717) is 11.3 Å². The Morgan fingerprint density at radius 3 is 2.37 bits per heavy atom. The van der Waals surface area contributed by atoms with Crippen molar-refractivity contribution in [3.63, 3.8) is 0 Å². The molecule has 1 aromatic heterocycles. The van der Waals surface area contributed by atoms with Gasteiger partial charge in [-0.2, -0.15) is 0 Å². The molecular weight excluding hydrogens is 367 g/mol. The molecule has 0 radical (unpaired) electrons. The van der Waals surface area contributed by atoms with E-state index >= 15 is 0 Å². The first-order chi connectivity index (χ1) is 13.0. The summed E-state index contributed by atoms with van der Waals surface area (Å²) in [6, 6.07) is 15.9. The lowest BCUT2D eigenvalue weighted by atomic mass is 10.0. The van der Waals surface area contributed by atoms with Crippen LogP contribution in [0.1, 0.15) is 26.8 Å². The van der Waals surface area contributed by atoms with E-state index in [1.54, 1.807) is 36.4 Å². The fourth-order valence-electron chi connectivity index (χ4n) is 2.50. The van der Waals surface area contributed by atoms with Gasteiger partial charge >= 0.3 is 0 Å². The van der Waals surface area contributed by atoms with Crippen LogP contribution in [0.2, 0.25) is 0 Å². The van der Waals surface area contributed by atoms with Crippen molar-refractivity contribution in [2.45, 2.75) is 6.04 Å². The van der Waals surface area contributed by atoms with Crippen LogP contribution in [0.3, 0.4) is 0 Å². The second kappa shape index (κ2) is 8.46. The van der Waals surface area contributed by atoms with Gasteiger partial charge < -0.3 is 15.8 Å². The highest BCUT2D eigenvalue weighted by molar-refractivity contribution is 7.10. The van der Waals surface area contributed by atoms with E-state index in [-0.39, 0.29) is 24.4 Å². The first-order valence-electron chi connectivity index (χ1n) is 8.14. The van der Waals surface area contributed by atoms with Gasteiger partial charge in [0.25, 0.3) is 11.8 Å². The lowest BCUT2D eigenvalue weighted by Crippen LogP contribution is -2.28. The highest BCUT2D eigenvalue weighted by atomic mass is 32.1. The van der Waals surface area contributed by atoms with Crippen LogP contribution in [0.4, 0.5) is 4.39 Å². The van der Waals surface area contributed by atoms with Gasteiger partial charge in [0.2, 0.25) is 0 Å². The molecule has 0 aliphatic carbocycles. The summed E-state index contributed by atoms with van der Waals surface area (Å²) < 4.78 is 18.4. The molecule has 0 bridgehead atoms. The predicted molar refractivity (Wildman–Crippen MR) is 101 cm³/mol. The minimum Gasteiger partial charge on any atom is -0.484 e. The van der Waals surface area contributed by atoms with Crippen LogP contribution < -0.4 is 15.8 Å². The average Bonchev–Trinajstić information content (AvgIpc) is 3.20. The van der Waals surface area contributed by atoms with Gasteiger partial charge in [-0.25, -0.2) is 4.39 Å². The Balaban J connectivity index is 1.76. The summed E-state index contributed by atoms with van der Waals surface area (Å²) >= 11 is 1.51. The summed E-state index contributed by atoms with van der Waals surface area (Å²) in [5, 5.41) is 4.89. The largest absolute Gasteiger partial charge is 0.484 e. The van der Waals surface area contributed by atoms with Crippen molar-refractivity contribution in [1.82, 2.24) is 5.32 Å². The molecule has 1 heterocycles. The first kappa shape index (κ1) is 18.6. The maximum absolute atomic E-state index is 13.2. The monoisotopic (exact) mass is 384 g/mol. The third-order valence-electron chi connectivity index (χ3n) is 3.80. The third kappa shape index (κ3) is 4.92. The Morgan fingerprint density at radius 1 is 1.07 bits per heavy atom. The smallest absolute Gasteiger partial charge is 0.255 e. The molecule has 1 atom stereocenters. The van der Waals surface area contributed by atoms with Gasteiger partial charge in [-0.1, -0.05) is 18.2 Å². The maximum Gasteiger partial charge on any atom is 0.255 e. The molecule has 7 heteroatoms. The molecule has 0 fully saturated rings. The van der Waals surface area contributed by atoms with Crippen molar-refractivity contribution in [2.75, 3.05) is 6.61 Å². The van der Waals surface area contributed by atoms with Crippen LogP contribution in [-0.4, -0.2) is 18.4 Å². The minimum absolute atomic E-state index is 0.226. The molecule has 138 valence electrons. The molecular formula is C20H17FN2O3S. The van der Waals surface area contributed by atoms with Crippen molar-refractivity contribution in [3.8, 4) is 5.75 Å². The quantitative estimate of drug-likeness (QED) is 0.656. The molecule has 2 amide bonds. The summed E-state index contributed by atoms with van der Waals surface area (Å²) in [6.07, 6.45) is 0. The Bertz CT molecular complexity index is 909. The second-order valence-corrected chi connectivity index (χ2v) is 6.73. The molecule has 3 N–H and O–H groups in total. The maximum atomic E-state index is 13.2. The number of hydrogen-bond donors (Lipinski definition) is 2. The van der Waals surface area contributed by atoms with Crippen LogP contribution in [0.5, 0.6) is 5.75 Å². The standard InChI is InChI=1S/C20H17FN2O3S/c21-15-7-3-13(4-8-15)19(17-2-1-11-27-17)23-20(25)14-5-9-16(10-6-14)26-12-18(22)24/h1-11,19H,12H2,(H2,22,24)(H,23,25).